The number of fused-ring (bicyclic) bond motifs is 3. The standard InChI is InChI=1S/C27H28FNO3/c28-25-10-7-20(8-11-25)18-29-13-2-1-3-14-32-26-12-9-23(27(30)31)17-24(26)16-21-5-4-6-22(15-21)19-29/h4-12,15,17H,1-3,13-14,16,18-19H2,(H,30,31). The highest BCUT2D eigenvalue weighted by atomic mass is 19.1. The van der Waals surface area contributed by atoms with E-state index >= 15 is 0 Å². The molecule has 2 bridgehead atoms. The zero-order valence-electron chi connectivity index (χ0n) is 18.1. The third kappa shape index (κ3) is 5.95. The van der Waals surface area contributed by atoms with Gasteiger partial charge in [0.2, 0.25) is 0 Å². The van der Waals surface area contributed by atoms with Crippen molar-refractivity contribution >= 4 is 5.97 Å². The lowest BCUT2D eigenvalue weighted by Crippen LogP contribution is -2.24. The fourth-order valence-corrected chi connectivity index (χ4v) is 4.17. The second-order valence-electron chi connectivity index (χ2n) is 8.37. The summed E-state index contributed by atoms with van der Waals surface area (Å²) in [4.78, 5) is 13.9. The molecule has 3 aromatic carbocycles. The average molecular weight is 434 g/mol. The van der Waals surface area contributed by atoms with Crippen molar-refractivity contribution in [3.05, 3.63) is 100 Å². The van der Waals surface area contributed by atoms with Gasteiger partial charge in [0.25, 0.3) is 0 Å². The van der Waals surface area contributed by atoms with E-state index in [0.29, 0.717) is 13.0 Å². The smallest absolute Gasteiger partial charge is 0.335 e. The Labute approximate surface area is 188 Å². The Hall–Kier alpha value is -3.18. The quantitative estimate of drug-likeness (QED) is 0.577. The van der Waals surface area contributed by atoms with Gasteiger partial charge >= 0.3 is 5.97 Å². The molecule has 0 radical (unpaired) electrons. The van der Waals surface area contributed by atoms with Crippen LogP contribution >= 0.6 is 0 Å². The minimum absolute atomic E-state index is 0.214. The van der Waals surface area contributed by atoms with Crippen LogP contribution < -0.4 is 4.74 Å². The van der Waals surface area contributed by atoms with E-state index in [9.17, 15) is 14.3 Å². The minimum atomic E-state index is -0.933. The van der Waals surface area contributed by atoms with Crippen LogP contribution in [-0.4, -0.2) is 29.1 Å². The molecular formula is C27H28FNO3. The van der Waals surface area contributed by atoms with Crippen LogP contribution in [0, 0.1) is 5.82 Å². The van der Waals surface area contributed by atoms with Gasteiger partial charge in [-0.25, -0.2) is 9.18 Å². The maximum Gasteiger partial charge on any atom is 0.335 e. The molecule has 0 atom stereocenters. The number of carboxylic acids is 1. The van der Waals surface area contributed by atoms with Crippen molar-refractivity contribution in [1.29, 1.82) is 0 Å². The van der Waals surface area contributed by atoms with Gasteiger partial charge in [-0.1, -0.05) is 36.4 Å². The second kappa shape index (κ2) is 10.4. The molecule has 166 valence electrons. The number of rotatable bonds is 3. The molecule has 1 heterocycles. The SMILES string of the molecule is O=C(O)c1ccc2c(c1)Cc1cccc(c1)CN(Cc1ccc(F)cc1)CCCCCO2. The maximum absolute atomic E-state index is 13.3. The monoisotopic (exact) mass is 433 g/mol. The summed E-state index contributed by atoms with van der Waals surface area (Å²) < 4.78 is 19.3. The van der Waals surface area contributed by atoms with Crippen molar-refractivity contribution < 1.29 is 19.0 Å². The summed E-state index contributed by atoms with van der Waals surface area (Å²) in [5.41, 5.74) is 4.59. The summed E-state index contributed by atoms with van der Waals surface area (Å²) in [5, 5.41) is 9.40. The van der Waals surface area contributed by atoms with Gasteiger partial charge in [-0.2, -0.15) is 0 Å². The third-order valence-corrected chi connectivity index (χ3v) is 5.80. The van der Waals surface area contributed by atoms with Crippen molar-refractivity contribution in [2.45, 2.75) is 38.8 Å². The van der Waals surface area contributed by atoms with E-state index in [4.69, 9.17) is 4.74 Å². The number of carbonyl (C=O) groups is 1. The van der Waals surface area contributed by atoms with E-state index in [2.05, 4.69) is 23.1 Å². The molecule has 4 rings (SSSR count). The van der Waals surface area contributed by atoms with Gasteiger partial charge in [0, 0.05) is 19.5 Å². The first kappa shape index (κ1) is 22.0. The Morgan fingerprint density at radius 1 is 0.969 bits per heavy atom. The average Bonchev–Trinajstić information content (AvgIpc) is 2.78. The van der Waals surface area contributed by atoms with Gasteiger partial charge in [0.15, 0.2) is 0 Å². The van der Waals surface area contributed by atoms with Gasteiger partial charge in [0.05, 0.1) is 12.2 Å². The number of hydrogen-bond donors (Lipinski definition) is 1. The predicted octanol–water partition coefficient (Wildman–Crippen LogP) is 5.68. The topological polar surface area (TPSA) is 49.8 Å². The summed E-state index contributed by atoms with van der Waals surface area (Å²) >= 11 is 0. The van der Waals surface area contributed by atoms with Gasteiger partial charge in [-0.15, -0.1) is 0 Å². The first-order valence-corrected chi connectivity index (χ1v) is 11.1. The van der Waals surface area contributed by atoms with Crippen molar-refractivity contribution in [1.82, 2.24) is 4.90 Å². The molecule has 0 aliphatic carbocycles. The normalized spacial score (nSPS) is 15.3. The molecule has 1 aliphatic heterocycles. The second-order valence-corrected chi connectivity index (χ2v) is 8.37. The van der Waals surface area contributed by atoms with E-state index in [-0.39, 0.29) is 11.4 Å². The Morgan fingerprint density at radius 2 is 1.78 bits per heavy atom. The number of halogens is 1. The van der Waals surface area contributed by atoms with E-state index in [1.54, 1.807) is 18.2 Å². The third-order valence-electron chi connectivity index (χ3n) is 5.80. The molecule has 0 spiro atoms. The molecule has 1 aliphatic rings. The zero-order chi connectivity index (χ0) is 22.3. The highest BCUT2D eigenvalue weighted by Gasteiger charge is 2.13. The summed E-state index contributed by atoms with van der Waals surface area (Å²) in [7, 11) is 0. The van der Waals surface area contributed by atoms with Crippen LogP contribution in [-0.2, 0) is 19.5 Å². The van der Waals surface area contributed by atoms with E-state index in [1.165, 1.54) is 17.7 Å². The number of benzene rings is 3. The van der Waals surface area contributed by atoms with Crippen LogP contribution in [0.4, 0.5) is 4.39 Å². The molecule has 5 heteroatoms. The lowest BCUT2D eigenvalue weighted by Gasteiger charge is -2.23. The highest BCUT2D eigenvalue weighted by molar-refractivity contribution is 5.88. The van der Waals surface area contributed by atoms with Crippen LogP contribution in [0.5, 0.6) is 5.75 Å². The molecule has 0 saturated carbocycles. The van der Waals surface area contributed by atoms with Gasteiger partial charge < -0.3 is 9.84 Å². The van der Waals surface area contributed by atoms with Crippen molar-refractivity contribution in [2.75, 3.05) is 13.2 Å². The molecule has 0 unspecified atom stereocenters. The first-order valence-electron chi connectivity index (χ1n) is 11.1. The first-order chi connectivity index (χ1) is 15.6. The van der Waals surface area contributed by atoms with Gasteiger partial charge in [-0.05, 0) is 78.4 Å². The summed E-state index contributed by atoms with van der Waals surface area (Å²) in [5.74, 6) is -0.387. The minimum Gasteiger partial charge on any atom is -0.493 e. The Balaban J connectivity index is 1.59. The fraction of sp³-hybridized carbons (Fsp3) is 0.296. The molecule has 1 N–H and O–H groups in total. The summed E-state index contributed by atoms with van der Waals surface area (Å²) in [6, 6.07) is 20.2. The molecular weight excluding hydrogens is 405 g/mol. The Bertz CT molecular complexity index is 1060. The van der Waals surface area contributed by atoms with Crippen LogP contribution in [0.15, 0.2) is 66.7 Å². The zero-order valence-corrected chi connectivity index (χ0v) is 18.1. The molecule has 0 fully saturated rings. The van der Waals surface area contributed by atoms with E-state index in [1.807, 2.05) is 18.2 Å². The largest absolute Gasteiger partial charge is 0.493 e. The number of carboxylic acid groups (broad SMARTS) is 1. The van der Waals surface area contributed by atoms with Crippen LogP contribution in [0.3, 0.4) is 0 Å². The predicted molar refractivity (Wildman–Crippen MR) is 123 cm³/mol. The van der Waals surface area contributed by atoms with Crippen LogP contribution in [0.1, 0.15) is 51.9 Å². The van der Waals surface area contributed by atoms with Gasteiger partial charge in [-0.3, -0.25) is 4.90 Å². The molecule has 0 amide bonds. The lowest BCUT2D eigenvalue weighted by molar-refractivity contribution is 0.0696. The van der Waals surface area contributed by atoms with E-state index < -0.39 is 5.97 Å². The molecule has 32 heavy (non-hydrogen) atoms. The fourth-order valence-electron chi connectivity index (χ4n) is 4.17. The number of aromatic carboxylic acids is 1. The Kier molecular flexibility index (Phi) is 7.17. The number of ether oxygens (including phenoxy) is 1. The molecule has 4 nitrogen and oxygen atoms in total. The lowest BCUT2D eigenvalue weighted by atomic mass is 9.99. The molecule has 0 saturated heterocycles. The van der Waals surface area contributed by atoms with Gasteiger partial charge in [0.1, 0.15) is 11.6 Å². The highest BCUT2D eigenvalue weighted by Crippen LogP contribution is 2.25. The maximum atomic E-state index is 13.3. The van der Waals surface area contributed by atoms with Crippen molar-refractivity contribution in [3.8, 4) is 5.75 Å². The van der Waals surface area contributed by atoms with Crippen LogP contribution in [0.2, 0.25) is 0 Å². The number of hydrogen-bond acceptors (Lipinski definition) is 3. The van der Waals surface area contributed by atoms with Crippen molar-refractivity contribution in [3.63, 3.8) is 0 Å². The van der Waals surface area contributed by atoms with Crippen LogP contribution in [0.25, 0.3) is 0 Å². The van der Waals surface area contributed by atoms with Crippen molar-refractivity contribution in [2.24, 2.45) is 0 Å². The molecule has 3 aromatic rings. The number of nitrogens with zero attached hydrogens (tertiary/aromatic N) is 1. The Morgan fingerprint density at radius 3 is 2.59 bits per heavy atom. The summed E-state index contributed by atoms with van der Waals surface area (Å²) in [6.07, 6.45) is 3.65. The van der Waals surface area contributed by atoms with E-state index in [0.717, 1.165) is 61.3 Å². The summed E-state index contributed by atoms with van der Waals surface area (Å²) in [6.45, 7) is 3.15. The molecule has 0 aromatic heterocycles.